The zero-order valence-corrected chi connectivity index (χ0v) is 19.1. The van der Waals surface area contributed by atoms with Crippen LogP contribution in [0.5, 0.6) is 0 Å². The van der Waals surface area contributed by atoms with Crippen LogP contribution in [0.3, 0.4) is 0 Å². The van der Waals surface area contributed by atoms with Crippen molar-refractivity contribution in [2.45, 2.75) is 76.3 Å². The average Bonchev–Trinajstić information content (AvgIpc) is 2.56. The van der Waals surface area contributed by atoms with Crippen LogP contribution in [0.4, 0.5) is 0 Å². The summed E-state index contributed by atoms with van der Waals surface area (Å²) in [6.45, 7) is 12.3. The van der Waals surface area contributed by atoms with E-state index in [2.05, 4.69) is 39.0 Å². The van der Waals surface area contributed by atoms with Crippen molar-refractivity contribution >= 4 is 14.0 Å². The van der Waals surface area contributed by atoms with Crippen LogP contribution < -0.4 is 0 Å². The van der Waals surface area contributed by atoms with Crippen molar-refractivity contribution in [1.82, 2.24) is 0 Å². The lowest BCUT2D eigenvalue weighted by atomic mass is 9.76. The standard InChI is InChI=1S/C18H37NO7Si/c1-11(19-24-7)12-13(20)14(21)16(25-10-22-5)17(15(12)23-6)26-27(8,9)18(2,3)4/h12-17,20-21H,10H2,1-9H3/b19-11-/t12-,13-,14-,15+,16-,17-/m1/s1. The van der Waals surface area contributed by atoms with Gasteiger partial charge >= 0.3 is 0 Å². The molecule has 27 heavy (non-hydrogen) atoms. The number of hydrogen-bond acceptors (Lipinski definition) is 8. The summed E-state index contributed by atoms with van der Waals surface area (Å²) in [5.41, 5.74) is 0.518. The third-order valence-corrected chi connectivity index (χ3v) is 10.1. The molecule has 0 heterocycles. The van der Waals surface area contributed by atoms with Crippen LogP contribution in [-0.4, -0.2) is 82.9 Å². The monoisotopic (exact) mass is 407 g/mol. The summed E-state index contributed by atoms with van der Waals surface area (Å²) in [6, 6.07) is 0. The van der Waals surface area contributed by atoms with E-state index in [9.17, 15) is 10.2 Å². The van der Waals surface area contributed by atoms with Crippen molar-refractivity contribution in [3.05, 3.63) is 0 Å². The summed E-state index contributed by atoms with van der Waals surface area (Å²) in [5, 5.41) is 25.4. The fourth-order valence-electron chi connectivity index (χ4n) is 3.15. The Morgan fingerprint density at radius 1 is 1.00 bits per heavy atom. The number of aliphatic hydroxyl groups excluding tert-OH is 2. The molecule has 1 aliphatic rings. The van der Waals surface area contributed by atoms with E-state index in [1.54, 1.807) is 14.0 Å². The lowest BCUT2D eigenvalue weighted by Crippen LogP contribution is -2.66. The Labute approximate surface area is 163 Å². The number of methoxy groups -OCH3 is 2. The Kier molecular flexibility index (Phi) is 8.86. The lowest BCUT2D eigenvalue weighted by molar-refractivity contribution is -0.228. The molecule has 0 aromatic rings. The van der Waals surface area contributed by atoms with E-state index in [0.29, 0.717) is 5.71 Å². The Balaban J connectivity index is 3.35. The largest absolute Gasteiger partial charge is 0.408 e. The fraction of sp³-hybridized carbons (Fsp3) is 0.944. The molecule has 1 fully saturated rings. The molecular weight excluding hydrogens is 370 g/mol. The molecule has 0 aromatic carbocycles. The highest BCUT2D eigenvalue weighted by Crippen LogP contribution is 2.41. The highest BCUT2D eigenvalue weighted by atomic mass is 28.4. The summed E-state index contributed by atoms with van der Waals surface area (Å²) in [6.07, 6.45) is -4.30. The highest BCUT2D eigenvalue weighted by Gasteiger charge is 2.55. The lowest BCUT2D eigenvalue weighted by Gasteiger charge is -2.50. The van der Waals surface area contributed by atoms with E-state index < -0.39 is 44.8 Å². The summed E-state index contributed by atoms with van der Waals surface area (Å²) in [7, 11) is 2.26. The first kappa shape index (κ1) is 24.5. The molecule has 2 N–H and O–H groups in total. The summed E-state index contributed by atoms with van der Waals surface area (Å²) in [4.78, 5) is 4.87. The molecule has 1 aliphatic carbocycles. The third kappa shape index (κ3) is 5.50. The van der Waals surface area contributed by atoms with E-state index in [1.807, 2.05) is 0 Å². The number of ether oxygens (including phenoxy) is 3. The first-order chi connectivity index (χ1) is 12.4. The van der Waals surface area contributed by atoms with E-state index in [1.165, 1.54) is 14.2 Å². The van der Waals surface area contributed by atoms with Gasteiger partial charge in [0.15, 0.2) is 8.32 Å². The minimum absolute atomic E-state index is 0.0297. The maximum Gasteiger partial charge on any atom is 0.192 e. The van der Waals surface area contributed by atoms with Crippen LogP contribution in [0, 0.1) is 5.92 Å². The maximum atomic E-state index is 10.8. The topological polar surface area (TPSA) is 99.0 Å². The third-order valence-electron chi connectivity index (χ3n) is 5.66. The quantitative estimate of drug-likeness (QED) is 0.274. The molecule has 0 unspecified atom stereocenters. The van der Waals surface area contributed by atoms with Gasteiger partial charge in [-0.3, -0.25) is 0 Å². The second-order valence-electron chi connectivity index (χ2n) is 8.50. The molecule has 9 heteroatoms. The fourth-order valence-corrected chi connectivity index (χ4v) is 4.45. The molecule has 0 spiro atoms. The van der Waals surface area contributed by atoms with Crippen LogP contribution in [0.25, 0.3) is 0 Å². The Morgan fingerprint density at radius 2 is 1.59 bits per heavy atom. The number of oxime groups is 1. The van der Waals surface area contributed by atoms with E-state index in [-0.39, 0.29) is 11.8 Å². The summed E-state index contributed by atoms with van der Waals surface area (Å²) < 4.78 is 23.1. The van der Waals surface area contributed by atoms with Gasteiger partial charge in [0.1, 0.15) is 32.2 Å². The van der Waals surface area contributed by atoms with E-state index in [0.717, 1.165) is 0 Å². The molecule has 0 radical (unpaired) electrons. The van der Waals surface area contributed by atoms with Crippen LogP contribution in [0.2, 0.25) is 18.1 Å². The molecular formula is C18H37NO7Si. The zero-order chi connectivity index (χ0) is 21.0. The van der Waals surface area contributed by atoms with Gasteiger partial charge in [0.2, 0.25) is 0 Å². The van der Waals surface area contributed by atoms with Crippen molar-refractivity contribution in [2.24, 2.45) is 11.1 Å². The van der Waals surface area contributed by atoms with Gasteiger partial charge in [-0.15, -0.1) is 0 Å². The van der Waals surface area contributed by atoms with E-state index >= 15 is 0 Å². The van der Waals surface area contributed by atoms with Crippen LogP contribution in [-0.2, 0) is 23.5 Å². The van der Waals surface area contributed by atoms with Gasteiger partial charge in [0.05, 0.1) is 23.8 Å². The second kappa shape index (κ2) is 9.77. The summed E-state index contributed by atoms with van der Waals surface area (Å²) >= 11 is 0. The van der Waals surface area contributed by atoms with Crippen LogP contribution in [0.15, 0.2) is 5.16 Å². The Morgan fingerprint density at radius 3 is 2.04 bits per heavy atom. The normalized spacial score (nSPS) is 33.2. The molecule has 0 bridgehead atoms. The minimum atomic E-state index is -2.23. The second-order valence-corrected chi connectivity index (χ2v) is 13.3. The van der Waals surface area contributed by atoms with Gasteiger partial charge in [-0.25, -0.2) is 0 Å². The average molecular weight is 408 g/mol. The van der Waals surface area contributed by atoms with Crippen LogP contribution >= 0.6 is 0 Å². The van der Waals surface area contributed by atoms with E-state index in [4.69, 9.17) is 23.5 Å². The minimum Gasteiger partial charge on any atom is -0.408 e. The van der Waals surface area contributed by atoms with Crippen molar-refractivity contribution < 1.29 is 33.7 Å². The van der Waals surface area contributed by atoms with Crippen molar-refractivity contribution in [3.63, 3.8) is 0 Å². The van der Waals surface area contributed by atoms with Crippen molar-refractivity contribution in [2.75, 3.05) is 28.1 Å². The molecule has 6 atom stereocenters. The first-order valence-electron chi connectivity index (χ1n) is 9.17. The van der Waals surface area contributed by atoms with Crippen molar-refractivity contribution in [3.8, 4) is 0 Å². The molecule has 0 saturated heterocycles. The maximum absolute atomic E-state index is 10.8. The number of rotatable bonds is 8. The highest BCUT2D eigenvalue weighted by molar-refractivity contribution is 6.74. The predicted molar refractivity (Wildman–Crippen MR) is 105 cm³/mol. The number of aliphatic hydroxyl groups is 2. The van der Waals surface area contributed by atoms with Crippen molar-refractivity contribution in [1.29, 1.82) is 0 Å². The zero-order valence-electron chi connectivity index (χ0n) is 18.1. The van der Waals surface area contributed by atoms with Gasteiger partial charge in [-0.1, -0.05) is 25.9 Å². The Bertz CT molecular complexity index is 495. The first-order valence-corrected chi connectivity index (χ1v) is 12.1. The van der Waals surface area contributed by atoms with Gasteiger partial charge in [0, 0.05) is 14.2 Å². The smallest absolute Gasteiger partial charge is 0.192 e. The van der Waals surface area contributed by atoms with Gasteiger partial charge in [0.25, 0.3) is 0 Å². The molecule has 160 valence electrons. The number of hydrogen-bond donors (Lipinski definition) is 2. The molecule has 1 saturated carbocycles. The van der Waals surface area contributed by atoms with Gasteiger partial charge in [-0.2, -0.15) is 0 Å². The molecule has 0 aromatic heterocycles. The van der Waals surface area contributed by atoms with Gasteiger partial charge < -0.3 is 33.7 Å². The Hall–Kier alpha value is -0.553. The van der Waals surface area contributed by atoms with Gasteiger partial charge in [-0.05, 0) is 25.1 Å². The molecule has 0 amide bonds. The molecule has 0 aliphatic heterocycles. The molecule has 8 nitrogen and oxygen atoms in total. The SMILES string of the molecule is COCO[C@@H]1[C@H](O)[C@H](O)[C@@H](/C(C)=N\OC)[C@H](OC)[C@H]1O[Si](C)(C)C(C)(C)C. The van der Waals surface area contributed by atoms with Crippen LogP contribution in [0.1, 0.15) is 27.7 Å². The predicted octanol–water partition coefficient (Wildman–Crippen LogP) is 1.75. The number of nitrogens with zero attached hydrogens (tertiary/aromatic N) is 1. The summed E-state index contributed by atoms with van der Waals surface area (Å²) in [5.74, 6) is -0.595. The molecule has 1 rings (SSSR count).